The summed E-state index contributed by atoms with van der Waals surface area (Å²) in [5.41, 5.74) is 8.31. The van der Waals surface area contributed by atoms with Gasteiger partial charge in [0.05, 0.1) is 23.5 Å². The van der Waals surface area contributed by atoms with E-state index in [-0.39, 0.29) is 6.04 Å². The molecule has 1 atom stereocenters. The average molecular weight is 267 g/mol. The van der Waals surface area contributed by atoms with Crippen LogP contribution >= 0.6 is 0 Å². The van der Waals surface area contributed by atoms with Crippen LogP contribution in [-0.2, 0) is 0 Å². The fourth-order valence-electron chi connectivity index (χ4n) is 1.79. The van der Waals surface area contributed by atoms with Crippen molar-refractivity contribution in [2.45, 2.75) is 26.3 Å². The van der Waals surface area contributed by atoms with E-state index >= 15 is 0 Å². The van der Waals surface area contributed by atoms with Gasteiger partial charge in [0.25, 0.3) is 0 Å². The molecule has 0 radical (unpaired) electrons. The van der Waals surface area contributed by atoms with Crippen LogP contribution in [0.1, 0.15) is 36.2 Å². The minimum absolute atomic E-state index is 0.0484. The fraction of sp³-hybridized carbons (Fsp3) is 0.250. The molecule has 0 spiro atoms. The normalized spacial score (nSPS) is 11.7. The third-order valence-corrected chi connectivity index (χ3v) is 3.12. The molecular formula is C16H17N3O. The maximum Gasteiger partial charge on any atom is 0.145 e. The third-order valence-electron chi connectivity index (χ3n) is 3.12. The molecule has 0 amide bonds. The molecule has 0 aliphatic heterocycles. The van der Waals surface area contributed by atoms with E-state index in [1.807, 2.05) is 32.0 Å². The van der Waals surface area contributed by atoms with Gasteiger partial charge in [0.2, 0.25) is 0 Å². The molecule has 0 aliphatic rings. The summed E-state index contributed by atoms with van der Waals surface area (Å²) in [6.45, 7) is 3.96. The second-order valence-corrected chi connectivity index (χ2v) is 4.63. The van der Waals surface area contributed by atoms with Crippen molar-refractivity contribution in [2.75, 3.05) is 0 Å². The van der Waals surface area contributed by atoms with Gasteiger partial charge >= 0.3 is 0 Å². The Balaban J connectivity index is 2.20. The molecule has 102 valence electrons. The van der Waals surface area contributed by atoms with Gasteiger partial charge in [-0.2, -0.15) is 5.26 Å². The van der Waals surface area contributed by atoms with E-state index in [0.29, 0.717) is 17.1 Å². The number of nitrogens with two attached hydrogens (primary N) is 1. The van der Waals surface area contributed by atoms with Crippen LogP contribution in [0.2, 0.25) is 0 Å². The van der Waals surface area contributed by atoms with Gasteiger partial charge in [0, 0.05) is 6.04 Å². The van der Waals surface area contributed by atoms with Crippen LogP contribution in [0.15, 0.2) is 36.5 Å². The first kappa shape index (κ1) is 14.0. The lowest BCUT2D eigenvalue weighted by molar-refractivity contribution is 0.475. The Morgan fingerprint density at radius 3 is 2.75 bits per heavy atom. The lowest BCUT2D eigenvalue weighted by atomic mass is 10.1. The van der Waals surface area contributed by atoms with Gasteiger partial charge < -0.3 is 10.5 Å². The lowest BCUT2D eigenvalue weighted by Gasteiger charge is -2.11. The summed E-state index contributed by atoms with van der Waals surface area (Å²) in [4.78, 5) is 4.30. The molecule has 2 rings (SSSR count). The van der Waals surface area contributed by atoms with Gasteiger partial charge in [0.1, 0.15) is 11.5 Å². The Kier molecular flexibility index (Phi) is 4.34. The Morgan fingerprint density at radius 2 is 2.15 bits per heavy atom. The number of benzene rings is 1. The van der Waals surface area contributed by atoms with Crippen molar-refractivity contribution in [1.29, 1.82) is 5.26 Å². The molecule has 0 unspecified atom stereocenters. The van der Waals surface area contributed by atoms with Crippen LogP contribution in [0.5, 0.6) is 11.5 Å². The molecule has 2 N–H and O–H groups in total. The first-order valence-corrected chi connectivity index (χ1v) is 6.54. The van der Waals surface area contributed by atoms with E-state index in [1.54, 1.807) is 18.3 Å². The summed E-state index contributed by atoms with van der Waals surface area (Å²) in [5, 5.41) is 8.91. The molecule has 0 bridgehead atoms. The Morgan fingerprint density at radius 1 is 1.35 bits per heavy atom. The fourth-order valence-corrected chi connectivity index (χ4v) is 1.79. The average Bonchev–Trinajstić information content (AvgIpc) is 2.49. The Labute approximate surface area is 118 Å². The minimum atomic E-state index is -0.0484. The topological polar surface area (TPSA) is 71.9 Å². The third kappa shape index (κ3) is 3.14. The number of aromatic nitrogens is 1. The number of nitrogens with zero attached hydrogens (tertiary/aromatic N) is 2. The van der Waals surface area contributed by atoms with Crippen molar-refractivity contribution in [1.82, 2.24) is 4.98 Å². The molecule has 0 aliphatic carbocycles. The maximum atomic E-state index is 8.91. The number of pyridine rings is 1. The molecule has 4 heteroatoms. The predicted molar refractivity (Wildman–Crippen MR) is 77.4 cm³/mol. The SMILES string of the molecule is CC[C@@H](N)c1ccc(Oc2cc(C#N)ccc2C)cn1. The number of rotatable bonds is 4. The van der Waals surface area contributed by atoms with E-state index in [9.17, 15) is 0 Å². The zero-order valence-electron chi connectivity index (χ0n) is 11.6. The summed E-state index contributed by atoms with van der Waals surface area (Å²) < 4.78 is 5.77. The number of nitriles is 1. The molecule has 4 nitrogen and oxygen atoms in total. The van der Waals surface area contributed by atoms with Crippen LogP contribution in [0, 0.1) is 18.3 Å². The molecule has 1 heterocycles. The van der Waals surface area contributed by atoms with Gasteiger partial charge in [-0.3, -0.25) is 4.98 Å². The Hall–Kier alpha value is -2.38. The standard InChI is InChI=1S/C16H17N3O/c1-3-14(18)15-7-6-13(10-19-15)20-16-8-12(9-17)5-4-11(16)2/h4-8,10,14H,3,18H2,1-2H3/t14-/m1/s1. The van der Waals surface area contributed by atoms with Gasteiger partial charge in [-0.05, 0) is 43.2 Å². The van der Waals surface area contributed by atoms with Crippen LogP contribution in [-0.4, -0.2) is 4.98 Å². The summed E-state index contributed by atoms with van der Waals surface area (Å²) in [5.74, 6) is 1.30. The number of ether oxygens (including phenoxy) is 1. The summed E-state index contributed by atoms with van der Waals surface area (Å²) in [6.07, 6.45) is 2.50. The highest BCUT2D eigenvalue weighted by atomic mass is 16.5. The number of hydrogen-bond acceptors (Lipinski definition) is 4. The molecule has 20 heavy (non-hydrogen) atoms. The maximum absolute atomic E-state index is 8.91. The highest BCUT2D eigenvalue weighted by Crippen LogP contribution is 2.26. The molecule has 2 aromatic rings. The summed E-state index contributed by atoms with van der Waals surface area (Å²) in [6, 6.07) is 11.1. The van der Waals surface area contributed by atoms with Crippen molar-refractivity contribution in [3.63, 3.8) is 0 Å². The lowest BCUT2D eigenvalue weighted by Crippen LogP contribution is -2.10. The van der Waals surface area contributed by atoms with Crippen molar-refractivity contribution in [3.05, 3.63) is 53.3 Å². The second kappa shape index (κ2) is 6.18. The number of aryl methyl sites for hydroxylation is 1. The van der Waals surface area contributed by atoms with Crippen LogP contribution in [0.25, 0.3) is 0 Å². The van der Waals surface area contributed by atoms with Gasteiger partial charge in [-0.1, -0.05) is 13.0 Å². The quantitative estimate of drug-likeness (QED) is 0.920. The van der Waals surface area contributed by atoms with Crippen LogP contribution in [0.4, 0.5) is 0 Å². The molecule has 1 aromatic heterocycles. The van der Waals surface area contributed by atoms with Crippen molar-refractivity contribution in [3.8, 4) is 17.6 Å². The van der Waals surface area contributed by atoms with E-state index in [4.69, 9.17) is 15.7 Å². The Bertz CT molecular complexity index is 629. The van der Waals surface area contributed by atoms with E-state index in [1.165, 1.54) is 0 Å². The summed E-state index contributed by atoms with van der Waals surface area (Å²) in [7, 11) is 0. The van der Waals surface area contributed by atoms with E-state index in [0.717, 1.165) is 17.7 Å². The molecule has 1 aromatic carbocycles. The molecular weight excluding hydrogens is 250 g/mol. The first-order valence-electron chi connectivity index (χ1n) is 6.54. The largest absolute Gasteiger partial charge is 0.455 e. The molecule has 0 saturated heterocycles. The highest BCUT2D eigenvalue weighted by molar-refractivity contribution is 5.43. The van der Waals surface area contributed by atoms with Crippen molar-refractivity contribution >= 4 is 0 Å². The smallest absolute Gasteiger partial charge is 0.145 e. The zero-order valence-corrected chi connectivity index (χ0v) is 11.6. The van der Waals surface area contributed by atoms with E-state index in [2.05, 4.69) is 11.1 Å². The number of hydrogen-bond donors (Lipinski definition) is 1. The minimum Gasteiger partial charge on any atom is -0.455 e. The zero-order chi connectivity index (χ0) is 14.5. The van der Waals surface area contributed by atoms with Crippen LogP contribution in [0.3, 0.4) is 0 Å². The van der Waals surface area contributed by atoms with Gasteiger partial charge in [-0.15, -0.1) is 0 Å². The monoisotopic (exact) mass is 267 g/mol. The molecule has 0 fully saturated rings. The highest BCUT2D eigenvalue weighted by Gasteiger charge is 2.07. The van der Waals surface area contributed by atoms with Crippen LogP contribution < -0.4 is 10.5 Å². The van der Waals surface area contributed by atoms with Gasteiger partial charge in [-0.25, -0.2) is 0 Å². The van der Waals surface area contributed by atoms with Crippen molar-refractivity contribution in [2.24, 2.45) is 5.73 Å². The van der Waals surface area contributed by atoms with Gasteiger partial charge in [0.15, 0.2) is 0 Å². The second-order valence-electron chi connectivity index (χ2n) is 4.63. The first-order chi connectivity index (χ1) is 9.63. The molecule has 0 saturated carbocycles. The predicted octanol–water partition coefficient (Wildman–Crippen LogP) is 3.46. The van der Waals surface area contributed by atoms with Crippen molar-refractivity contribution < 1.29 is 4.74 Å². The van der Waals surface area contributed by atoms with E-state index < -0.39 is 0 Å². The summed E-state index contributed by atoms with van der Waals surface area (Å²) >= 11 is 0.